The molecule has 0 saturated carbocycles. The fraction of sp³-hybridized carbons (Fsp3) is 0.750. The number of carbonyl (C=O) groups excluding carboxylic acids is 1. The van der Waals surface area contributed by atoms with E-state index in [2.05, 4.69) is 14.5 Å². The van der Waals surface area contributed by atoms with Crippen molar-refractivity contribution in [2.75, 3.05) is 19.8 Å². The Morgan fingerprint density at radius 3 is 2.22 bits per heavy atom. The summed E-state index contributed by atoms with van der Waals surface area (Å²) in [4.78, 5) is 13.7. The van der Waals surface area contributed by atoms with Gasteiger partial charge in [0.25, 0.3) is 12.5 Å². The summed E-state index contributed by atoms with van der Waals surface area (Å²) in [5, 5.41) is 16.4. The topological polar surface area (TPSA) is 95.5 Å². The van der Waals surface area contributed by atoms with Gasteiger partial charge >= 0.3 is 0 Å². The molecule has 0 aromatic carbocycles. The maximum absolute atomic E-state index is 10.1. The number of isocyanates is 1. The fourth-order valence-corrected chi connectivity index (χ4v) is 1.64. The molecule has 0 bridgehead atoms. The van der Waals surface area contributed by atoms with Crippen molar-refractivity contribution >= 4 is 6.08 Å². The third-order valence-electron chi connectivity index (χ3n) is 2.51. The Morgan fingerprint density at radius 2 is 1.61 bits per heavy atom. The molecular weight excluding hydrogens is 234 g/mol. The molecule has 0 heterocycles. The normalized spacial score (nSPS) is 10.6. The lowest BCUT2D eigenvalue weighted by Crippen LogP contribution is -2.07. The number of rotatable bonds is 11. The van der Waals surface area contributed by atoms with Crippen LogP contribution in [0.4, 0.5) is 0 Å². The van der Waals surface area contributed by atoms with Crippen LogP contribution in [0, 0.1) is 29.0 Å². The monoisotopic (exact) mass is 251 g/mol. The standard InChI is InChI=1S/C12H17N3O3/c13-9-17-6-2-1-4-12(8-15-11-16)5-3-7-18-10-14/h12H,1-8H2. The Bertz CT molecular complexity index is 326. The first-order valence-electron chi connectivity index (χ1n) is 5.90. The average Bonchev–Trinajstić information content (AvgIpc) is 2.39. The molecule has 1 atom stereocenters. The Hall–Kier alpha value is -2.04. The second-order valence-electron chi connectivity index (χ2n) is 3.82. The average molecular weight is 251 g/mol. The summed E-state index contributed by atoms with van der Waals surface area (Å²) in [7, 11) is 0. The van der Waals surface area contributed by atoms with Crippen LogP contribution in [0.2, 0.25) is 0 Å². The van der Waals surface area contributed by atoms with Crippen LogP contribution >= 0.6 is 0 Å². The summed E-state index contributed by atoms with van der Waals surface area (Å²) in [5.41, 5.74) is 0. The van der Waals surface area contributed by atoms with Gasteiger partial charge in [0.15, 0.2) is 0 Å². The van der Waals surface area contributed by atoms with Crippen molar-refractivity contribution in [2.45, 2.75) is 32.1 Å². The molecule has 0 aliphatic carbocycles. The summed E-state index contributed by atoms with van der Waals surface area (Å²) in [6.07, 6.45) is 9.03. The fourth-order valence-electron chi connectivity index (χ4n) is 1.64. The number of hydrogen-bond acceptors (Lipinski definition) is 6. The molecule has 0 radical (unpaired) electrons. The SMILES string of the molecule is N#COCCCCC(CCCOC#N)CN=C=O. The van der Waals surface area contributed by atoms with Crippen LogP contribution in [-0.2, 0) is 14.3 Å². The molecule has 0 saturated heterocycles. The minimum Gasteiger partial charge on any atom is -0.428 e. The van der Waals surface area contributed by atoms with Crippen molar-refractivity contribution in [3.05, 3.63) is 0 Å². The van der Waals surface area contributed by atoms with E-state index >= 15 is 0 Å². The van der Waals surface area contributed by atoms with Crippen molar-refractivity contribution in [1.29, 1.82) is 10.5 Å². The summed E-state index contributed by atoms with van der Waals surface area (Å²) >= 11 is 0. The molecule has 98 valence electrons. The van der Waals surface area contributed by atoms with Crippen molar-refractivity contribution in [2.24, 2.45) is 10.9 Å². The zero-order chi connectivity index (χ0) is 13.5. The van der Waals surface area contributed by atoms with Crippen LogP contribution in [0.5, 0.6) is 0 Å². The number of aliphatic imine (C=N–C) groups is 1. The summed E-state index contributed by atoms with van der Waals surface area (Å²) in [6.45, 7) is 1.28. The van der Waals surface area contributed by atoms with Crippen LogP contribution in [0.3, 0.4) is 0 Å². The van der Waals surface area contributed by atoms with Gasteiger partial charge in [-0.1, -0.05) is 0 Å². The molecule has 0 aliphatic rings. The van der Waals surface area contributed by atoms with Crippen LogP contribution < -0.4 is 0 Å². The first-order valence-corrected chi connectivity index (χ1v) is 5.90. The number of nitrogens with zero attached hydrogens (tertiary/aromatic N) is 3. The molecule has 18 heavy (non-hydrogen) atoms. The predicted molar refractivity (Wildman–Crippen MR) is 62.7 cm³/mol. The zero-order valence-corrected chi connectivity index (χ0v) is 10.3. The molecule has 0 fully saturated rings. The predicted octanol–water partition coefficient (Wildman–Crippen LogP) is 1.88. The second-order valence-corrected chi connectivity index (χ2v) is 3.82. The minimum absolute atomic E-state index is 0.288. The second kappa shape index (κ2) is 13.0. The molecule has 0 aromatic heterocycles. The van der Waals surface area contributed by atoms with E-state index in [0.29, 0.717) is 19.8 Å². The van der Waals surface area contributed by atoms with Gasteiger partial charge in [0.1, 0.15) is 13.2 Å². The Labute approximate surface area is 107 Å². The third-order valence-corrected chi connectivity index (χ3v) is 2.51. The van der Waals surface area contributed by atoms with Crippen molar-refractivity contribution in [3.63, 3.8) is 0 Å². The van der Waals surface area contributed by atoms with Crippen molar-refractivity contribution in [3.8, 4) is 12.5 Å². The van der Waals surface area contributed by atoms with Gasteiger partial charge in [-0.25, -0.2) is 9.79 Å². The molecule has 6 nitrogen and oxygen atoms in total. The van der Waals surface area contributed by atoms with E-state index in [1.54, 1.807) is 12.5 Å². The summed E-state index contributed by atoms with van der Waals surface area (Å²) in [5.74, 6) is 0.288. The highest BCUT2D eigenvalue weighted by atomic mass is 16.5. The van der Waals surface area contributed by atoms with E-state index in [1.807, 2.05) is 0 Å². The molecule has 0 N–H and O–H groups in total. The van der Waals surface area contributed by atoms with Crippen LogP contribution in [0.25, 0.3) is 0 Å². The van der Waals surface area contributed by atoms with Crippen molar-refractivity contribution < 1.29 is 14.3 Å². The van der Waals surface area contributed by atoms with Gasteiger partial charge in [0.2, 0.25) is 6.08 Å². The van der Waals surface area contributed by atoms with E-state index in [4.69, 9.17) is 10.5 Å². The van der Waals surface area contributed by atoms with Crippen LogP contribution in [-0.4, -0.2) is 25.8 Å². The molecule has 0 aliphatic heterocycles. The molecule has 6 heteroatoms. The molecule has 0 rings (SSSR count). The quantitative estimate of drug-likeness (QED) is 0.242. The lowest BCUT2D eigenvalue weighted by atomic mass is 9.97. The zero-order valence-electron chi connectivity index (χ0n) is 10.3. The van der Waals surface area contributed by atoms with Gasteiger partial charge in [0, 0.05) is 0 Å². The Morgan fingerprint density at radius 1 is 1.00 bits per heavy atom. The van der Waals surface area contributed by atoms with Gasteiger partial charge in [-0.05, 0) is 38.0 Å². The van der Waals surface area contributed by atoms with E-state index in [9.17, 15) is 4.79 Å². The maximum atomic E-state index is 10.1. The van der Waals surface area contributed by atoms with Gasteiger partial charge in [-0.2, -0.15) is 10.5 Å². The third kappa shape index (κ3) is 10.5. The van der Waals surface area contributed by atoms with E-state index in [1.165, 1.54) is 6.08 Å². The minimum atomic E-state index is 0.288. The lowest BCUT2D eigenvalue weighted by Gasteiger charge is -2.12. The van der Waals surface area contributed by atoms with E-state index in [-0.39, 0.29) is 5.92 Å². The molecule has 0 spiro atoms. The number of hydrogen-bond donors (Lipinski definition) is 0. The van der Waals surface area contributed by atoms with Gasteiger partial charge in [-0.3, -0.25) is 0 Å². The largest absolute Gasteiger partial charge is 0.428 e. The first-order chi connectivity index (χ1) is 8.85. The maximum Gasteiger partial charge on any atom is 0.286 e. The lowest BCUT2D eigenvalue weighted by molar-refractivity contribution is 0.242. The number of unbranched alkanes of at least 4 members (excludes halogenated alkanes) is 1. The molecule has 1 unspecified atom stereocenters. The van der Waals surface area contributed by atoms with Crippen LogP contribution in [0.1, 0.15) is 32.1 Å². The Balaban J connectivity index is 3.74. The Kier molecular flexibility index (Phi) is 11.6. The summed E-state index contributed by atoms with van der Waals surface area (Å²) < 4.78 is 9.16. The highest BCUT2D eigenvalue weighted by molar-refractivity contribution is 5.32. The molecule has 0 amide bonds. The summed E-state index contributed by atoms with van der Waals surface area (Å²) in [6, 6.07) is 0. The van der Waals surface area contributed by atoms with Gasteiger partial charge in [0.05, 0.1) is 6.54 Å². The van der Waals surface area contributed by atoms with Crippen LogP contribution in [0.15, 0.2) is 4.99 Å². The van der Waals surface area contributed by atoms with Gasteiger partial charge in [-0.15, -0.1) is 0 Å². The van der Waals surface area contributed by atoms with E-state index < -0.39 is 0 Å². The van der Waals surface area contributed by atoms with E-state index in [0.717, 1.165) is 32.1 Å². The highest BCUT2D eigenvalue weighted by Crippen LogP contribution is 2.15. The van der Waals surface area contributed by atoms with Gasteiger partial charge < -0.3 is 9.47 Å². The highest BCUT2D eigenvalue weighted by Gasteiger charge is 2.08. The number of ether oxygens (including phenoxy) is 2. The molecule has 0 aromatic rings. The number of nitriles is 2. The van der Waals surface area contributed by atoms with Crippen molar-refractivity contribution in [1.82, 2.24) is 0 Å². The molecular formula is C12H17N3O3. The first kappa shape index (κ1) is 16.0. The smallest absolute Gasteiger partial charge is 0.286 e.